The molecule has 1 amide bonds. The summed E-state index contributed by atoms with van der Waals surface area (Å²) in [6, 6.07) is 14.8. The highest BCUT2D eigenvalue weighted by atomic mass is 79.9. The summed E-state index contributed by atoms with van der Waals surface area (Å²) in [5.41, 5.74) is 3.98. The van der Waals surface area contributed by atoms with Crippen molar-refractivity contribution in [1.82, 2.24) is 5.43 Å². The average molecular weight is 417 g/mol. The molecule has 0 saturated carbocycles. The Morgan fingerprint density at radius 3 is 2.62 bits per heavy atom. The quantitative estimate of drug-likeness (QED) is 0.313. The summed E-state index contributed by atoms with van der Waals surface area (Å²) in [7, 11) is 0. The number of nitrogens with one attached hydrogen (secondary N) is 1. The number of hydrazone groups is 1. The summed E-state index contributed by atoms with van der Waals surface area (Å²) in [5, 5.41) is 4.00. The van der Waals surface area contributed by atoms with Gasteiger partial charge in [0.1, 0.15) is 5.75 Å². The zero-order valence-electron chi connectivity index (χ0n) is 15.1. The third kappa shape index (κ3) is 7.40. The molecule has 0 aromatic heterocycles. The van der Waals surface area contributed by atoms with Gasteiger partial charge in [0.25, 0.3) is 5.91 Å². The molecule has 4 nitrogen and oxygen atoms in total. The smallest absolute Gasteiger partial charge is 0.271 e. The Morgan fingerprint density at radius 2 is 1.88 bits per heavy atom. The van der Waals surface area contributed by atoms with E-state index in [1.54, 1.807) is 18.3 Å². The Bertz CT molecular complexity index is 714. The normalized spacial score (nSPS) is 10.8. The molecule has 0 aliphatic carbocycles. The number of carbonyl (C=O) groups excluding carboxylic acids is 1. The fourth-order valence-corrected chi connectivity index (χ4v) is 2.80. The lowest BCUT2D eigenvalue weighted by atomic mass is 10.2. The Balaban J connectivity index is 1.74. The molecule has 0 spiro atoms. The standard InChI is InChI=1S/C21H25BrN2O2/c1-2-3-4-5-6-14-26-20-12-10-17(11-13-20)16-23-24-21(25)18-8-7-9-19(22)15-18/h7-13,15-16H,2-6,14H2,1H3,(H,24,25)/b23-16+. The van der Waals surface area contributed by atoms with Crippen molar-refractivity contribution >= 4 is 28.1 Å². The van der Waals surface area contributed by atoms with Gasteiger partial charge in [-0.25, -0.2) is 5.43 Å². The third-order valence-electron chi connectivity index (χ3n) is 3.86. The average Bonchev–Trinajstić information content (AvgIpc) is 2.65. The van der Waals surface area contributed by atoms with Crippen LogP contribution in [0.3, 0.4) is 0 Å². The van der Waals surface area contributed by atoms with Gasteiger partial charge in [0.15, 0.2) is 0 Å². The molecular formula is C21H25BrN2O2. The van der Waals surface area contributed by atoms with Gasteiger partial charge in [-0.3, -0.25) is 4.79 Å². The minimum Gasteiger partial charge on any atom is -0.494 e. The summed E-state index contributed by atoms with van der Waals surface area (Å²) < 4.78 is 6.59. The number of rotatable bonds is 10. The van der Waals surface area contributed by atoms with Crippen LogP contribution in [0, 0.1) is 0 Å². The van der Waals surface area contributed by atoms with Crippen LogP contribution >= 0.6 is 15.9 Å². The zero-order chi connectivity index (χ0) is 18.6. The Kier molecular flexibility index (Phi) is 8.90. The van der Waals surface area contributed by atoms with Crippen LogP contribution in [-0.4, -0.2) is 18.7 Å². The van der Waals surface area contributed by atoms with E-state index in [9.17, 15) is 4.79 Å². The van der Waals surface area contributed by atoms with E-state index in [1.807, 2.05) is 36.4 Å². The highest BCUT2D eigenvalue weighted by Crippen LogP contribution is 2.13. The van der Waals surface area contributed by atoms with Crippen molar-refractivity contribution in [3.63, 3.8) is 0 Å². The maximum absolute atomic E-state index is 12.0. The lowest BCUT2D eigenvalue weighted by molar-refractivity contribution is 0.0955. The molecule has 2 aromatic carbocycles. The molecule has 1 N–H and O–H groups in total. The molecule has 0 aliphatic rings. The number of amides is 1. The summed E-state index contributed by atoms with van der Waals surface area (Å²) in [6.07, 6.45) is 7.76. The van der Waals surface area contributed by atoms with Crippen molar-refractivity contribution in [1.29, 1.82) is 0 Å². The van der Waals surface area contributed by atoms with Gasteiger partial charge in [-0.05, 0) is 54.4 Å². The molecule has 2 rings (SSSR count). The number of hydrogen-bond acceptors (Lipinski definition) is 3. The molecule has 138 valence electrons. The Labute approximate surface area is 163 Å². The minimum atomic E-state index is -0.245. The molecule has 0 unspecified atom stereocenters. The first kappa shape index (κ1) is 20.2. The van der Waals surface area contributed by atoms with Crippen LogP contribution in [0.25, 0.3) is 0 Å². The zero-order valence-corrected chi connectivity index (χ0v) is 16.7. The second-order valence-corrected chi connectivity index (χ2v) is 6.96. The first-order valence-corrected chi connectivity index (χ1v) is 9.80. The largest absolute Gasteiger partial charge is 0.494 e. The summed E-state index contributed by atoms with van der Waals surface area (Å²) >= 11 is 3.35. The number of carbonyl (C=O) groups is 1. The van der Waals surface area contributed by atoms with Crippen molar-refractivity contribution in [3.8, 4) is 5.75 Å². The SMILES string of the molecule is CCCCCCCOc1ccc(/C=N/NC(=O)c2cccc(Br)c2)cc1. The number of unbranched alkanes of at least 4 members (excludes halogenated alkanes) is 4. The molecule has 0 atom stereocenters. The van der Waals surface area contributed by atoms with Crippen molar-refractivity contribution < 1.29 is 9.53 Å². The molecule has 0 bridgehead atoms. The lowest BCUT2D eigenvalue weighted by Crippen LogP contribution is -2.17. The monoisotopic (exact) mass is 416 g/mol. The lowest BCUT2D eigenvalue weighted by Gasteiger charge is -2.06. The van der Waals surface area contributed by atoms with Crippen LogP contribution in [0.1, 0.15) is 54.9 Å². The molecule has 2 aromatic rings. The van der Waals surface area contributed by atoms with Crippen LogP contribution in [-0.2, 0) is 0 Å². The van der Waals surface area contributed by atoms with Gasteiger partial charge >= 0.3 is 0 Å². The summed E-state index contributed by atoms with van der Waals surface area (Å²) in [5.74, 6) is 0.612. The van der Waals surface area contributed by atoms with E-state index in [1.165, 1.54) is 25.7 Å². The Morgan fingerprint density at radius 1 is 1.12 bits per heavy atom. The molecule has 0 fully saturated rings. The van der Waals surface area contributed by atoms with E-state index in [0.717, 1.165) is 28.8 Å². The van der Waals surface area contributed by atoms with Gasteiger partial charge in [-0.1, -0.05) is 54.6 Å². The van der Waals surface area contributed by atoms with E-state index in [4.69, 9.17) is 4.74 Å². The first-order chi connectivity index (χ1) is 12.7. The van der Waals surface area contributed by atoms with E-state index in [-0.39, 0.29) is 5.91 Å². The highest BCUT2D eigenvalue weighted by molar-refractivity contribution is 9.10. The fraction of sp³-hybridized carbons (Fsp3) is 0.333. The van der Waals surface area contributed by atoms with Crippen LogP contribution in [0.4, 0.5) is 0 Å². The maximum atomic E-state index is 12.0. The number of hydrogen-bond donors (Lipinski definition) is 1. The fourth-order valence-electron chi connectivity index (χ4n) is 2.41. The van der Waals surface area contributed by atoms with E-state index in [2.05, 4.69) is 33.4 Å². The van der Waals surface area contributed by atoms with Crippen LogP contribution in [0.5, 0.6) is 5.75 Å². The third-order valence-corrected chi connectivity index (χ3v) is 4.36. The number of halogens is 1. The van der Waals surface area contributed by atoms with Gasteiger partial charge in [0.2, 0.25) is 0 Å². The van der Waals surface area contributed by atoms with Gasteiger partial charge in [0, 0.05) is 10.0 Å². The molecule has 26 heavy (non-hydrogen) atoms. The molecule has 0 heterocycles. The van der Waals surface area contributed by atoms with Crippen molar-refractivity contribution in [2.24, 2.45) is 5.10 Å². The number of ether oxygens (including phenoxy) is 1. The van der Waals surface area contributed by atoms with Crippen molar-refractivity contribution in [2.75, 3.05) is 6.61 Å². The topological polar surface area (TPSA) is 50.7 Å². The van der Waals surface area contributed by atoms with E-state index >= 15 is 0 Å². The van der Waals surface area contributed by atoms with Crippen LogP contribution in [0.2, 0.25) is 0 Å². The second kappa shape index (κ2) is 11.5. The van der Waals surface area contributed by atoms with Crippen molar-refractivity contribution in [2.45, 2.75) is 39.0 Å². The Hall–Kier alpha value is -2.14. The van der Waals surface area contributed by atoms with E-state index in [0.29, 0.717) is 5.56 Å². The first-order valence-electron chi connectivity index (χ1n) is 9.01. The summed E-state index contributed by atoms with van der Waals surface area (Å²) in [6.45, 7) is 2.97. The molecule has 0 saturated heterocycles. The summed E-state index contributed by atoms with van der Waals surface area (Å²) in [4.78, 5) is 12.0. The highest BCUT2D eigenvalue weighted by Gasteiger charge is 2.03. The second-order valence-electron chi connectivity index (χ2n) is 6.04. The van der Waals surface area contributed by atoms with Crippen LogP contribution < -0.4 is 10.2 Å². The molecular weight excluding hydrogens is 392 g/mol. The predicted molar refractivity (Wildman–Crippen MR) is 110 cm³/mol. The van der Waals surface area contributed by atoms with Gasteiger partial charge in [0.05, 0.1) is 12.8 Å². The minimum absolute atomic E-state index is 0.245. The molecule has 5 heteroatoms. The van der Waals surface area contributed by atoms with Gasteiger partial charge < -0.3 is 4.74 Å². The number of nitrogens with zero attached hydrogens (tertiary/aromatic N) is 1. The maximum Gasteiger partial charge on any atom is 0.271 e. The molecule has 0 aliphatic heterocycles. The van der Waals surface area contributed by atoms with Crippen LogP contribution in [0.15, 0.2) is 58.1 Å². The van der Waals surface area contributed by atoms with Gasteiger partial charge in [-0.15, -0.1) is 0 Å². The van der Waals surface area contributed by atoms with E-state index < -0.39 is 0 Å². The van der Waals surface area contributed by atoms with Crippen molar-refractivity contribution in [3.05, 3.63) is 64.1 Å². The van der Waals surface area contributed by atoms with Gasteiger partial charge in [-0.2, -0.15) is 5.10 Å². The molecule has 0 radical (unpaired) electrons. The predicted octanol–water partition coefficient (Wildman–Crippen LogP) is 5.56. The number of benzene rings is 2.